The van der Waals surface area contributed by atoms with Crippen LogP contribution in [-0.2, 0) is 17.3 Å². The molecule has 1 aliphatic carbocycles. The van der Waals surface area contributed by atoms with E-state index in [2.05, 4.69) is 45.8 Å². The summed E-state index contributed by atoms with van der Waals surface area (Å²) in [4.78, 5) is 4.37. The first-order valence-corrected chi connectivity index (χ1v) is 10.4. The number of anilines is 1. The fourth-order valence-electron chi connectivity index (χ4n) is 2.58. The molecule has 1 aliphatic rings. The summed E-state index contributed by atoms with van der Waals surface area (Å²) in [5, 5.41) is 0.278. The van der Waals surface area contributed by atoms with E-state index >= 15 is 0 Å². The summed E-state index contributed by atoms with van der Waals surface area (Å²) < 4.78 is 6.37. The van der Waals surface area contributed by atoms with Crippen LogP contribution >= 0.6 is 0 Å². The Morgan fingerprint density at radius 1 is 1.35 bits per heavy atom. The second-order valence-corrected chi connectivity index (χ2v) is 12.4. The SMILES string of the molecule is Cc1nc(N)cc2c1CC(CO[Si](C)(C)C(C)(C)C)C2. The van der Waals surface area contributed by atoms with Crippen molar-refractivity contribution >= 4 is 14.1 Å². The quantitative estimate of drug-likeness (QED) is 0.864. The maximum absolute atomic E-state index is 6.37. The number of nitrogens with two attached hydrogens (primary N) is 1. The van der Waals surface area contributed by atoms with Gasteiger partial charge in [-0.3, -0.25) is 0 Å². The zero-order chi connectivity index (χ0) is 15.1. The molecule has 112 valence electrons. The molecule has 0 fully saturated rings. The smallest absolute Gasteiger partial charge is 0.191 e. The minimum Gasteiger partial charge on any atom is -0.417 e. The maximum atomic E-state index is 6.37. The Morgan fingerprint density at radius 3 is 2.60 bits per heavy atom. The number of hydrogen-bond acceptors (Lipinski definition) is 3. The van der Waals surface area contributed by atoms with Gasteiger partial charge in [0.2, 0.25) is 0 Å². The Kier molecular flexibility index (Phi) is 4.00. The first-order valence-electron chi connectivity index (χ1n) is 7.49. The van der Waals surface area contributed by atoms with Gasteiger partial charge in [0.15, 0.2) is 8.32 Å². The minimum atomic E-state index is -1.64. The molecule has 2 N–H and O–H groups in total. The Balaban J connectivity index is 2.01. The topological polar surface area (TPSA) is 48.1 Å². The van der Waals surface area contributed by atoms with Crippen molar-refractivity contribution in [3.05, 3.63) is 22.9 Å². The molecule has 1 atom stereocenters. The molecule has 2 rings (SSSR count). The average Bonchev–Trinajstić information content (AvgIpc) is 2.68. The van der Waals surface area contributed by atoms with Crippen LogP contribution < -0.4 is 5.73 Å². The van der Waals surface area contributed by atoms with Crippen molar-refractivity contribution in [2.24, 2.45) is 5.92 Å². The second kappa shape index (κ2) is 5.15. The van der Waals surface area contributed by atoms with E-state index in [-0.39, 0.29) is 5.04 Å². The van der Waals surface area contributed by atoms with Crippen molar-refractivity contribution in [2.75, 3.05) is 12.3 Å². The highest BCUT2D eigenvalue weighted by Crippen LogP contribution is 2.38. The fraction of sp³-hybridized carbons (Fsp3) is 0.688. The maximum Gasteiger partial charge on any atom is 0.191 e. The molecule has 0 saturated heterocycles. The predicted molar refractivity (Wildman–Crippen MR) is 87.4 cm³/mol. The van der Waals surface area contributed by atoms with Gasteiger partial charge in [-0.15, -0.1) is 0 Å². The lowest BCUT2D eigenvalue weighted by Crippen LogP contribution is -2.42. The number of rotatable bonds is 3. The third kappa shape index (κ3) is 3.06. The van der Waals surface area contributed by atoms with Gasteiger partial charge in [0, 0.05) is 12.3 Å². The van der Waals surface area contributed by atoms with Crippen molar-refractivity contribution in [3.8, 4) is 0 Å². The van der Waals surface area contributed by atoms with E-state index in [4.69, 9.17) is 10.2 Å². The van der Waals surface area contributed by atoms with Crippen LogP contribution in [0, 0.1) is 12.8 Å². The van der Waals surface area contributed by atoms with Crippen LogP contribution in [0.15, 0.2) is 6.07 Å². The molecule has 4 heteroatoms. The number of fused-ring (bicyclic) bond motifs is 1. The van der Waals surface area contributed by atoms with Crippen molar-refractivity contribution in [1.82, 2.24) is 4.98 Å². The monoisotopic (exact) mass is 292 g/mol. The molecule has 0 spiro atoms. The van der Waals surface area contributed by atoms with Gasteiger partial charge in [-0.05, 0) is 61.0 Å². The van der Waals surface area contributed by atoms with Gasteiger partial charge in [0.1, 0.15) is 5.82 Å². The lowest BCUT2D eigenvalue weighted by Gasteiger charge is -2.37. The molecular formula is C16H28N2OSi. The summed E-state index contributed by atoms with van der Waals surface area (Å²) >= 11 is 0. The van der Waals surface area contributed by atoms with Crippen LogP contribution in [0.25, 0.3) is 0 Å². The van der Waals surface area contributed by atoms with Crippen LogP contribution in [0.4, 0.5) is 5.82 Å². The molecule has 1 heterocycles. The van der Waals surface area contributed by atoms with Gasteiger partial charge in [0.25, 0.3) is 0 Å². The number of aromatic nitrogens is 1. The minimum absolute atomic E-state index is 0.278. The standard InChI is InChI=1S/C16H28N2OSi/c1-11-14-8-12(7-13(14)9-15(17)18-11)10-19-20(5,6)16(2,3)4/h9,12H,7-8,10H2,1-6H3,(H2,17,18). The van der Waals surface area contributed by atoms with Gasteiger partial charge < -0.3 is 10.2 Å². The van der Waals surface area contributed by atoms with Crippen LogP contribution in [-0.4, -0.2) is 19.9 Å². The summed E-state index contributed by atoms with van der Waals surface area (Å²) in [6.45, 7) is 14.4. The van der Waals surface area contributed by atoms with Crippen molar-refractivity contribution in [2.45, 2.75) is 58.7 Å². The van der Waals surface area contributed by atoms with E-state index in [1.807, 2.05) is 6.07 Å². The van der Waals surface area contributed by atoms with Gasteiger partial charge >= 0.3 is 0 Å². The normalized spacial score (nSPS) is 19.2. The second-order valence-electron chi connectivity index (χ2n) is 7.62. The van der Waals surface area contributed by atoms with E-state index in [0.717, 1.165) is 25.1 Å². The molecule has 1 aromatic heterocycles. The van der Waals surface area contributed by atoms with E-state index in [1.165, 1.54) is 11.1 Å². The summed E-state index contributed by atoms with van der Waals surface area (Å²) in [6.07, 6.45) is 2.17. The Morgan fingerprint density at radius 2 is 2.00 bits per heavy atom. The molecule has 1 aromatic rings. The van der Waals surface area contributed by atoms with Gasteiger partial charge in [-0.1, -0.05) is 20.8 Å². The lowest BCUT2D eigenvalue weighted by atomic mass is 10.1. The molecule has 3 nitrogen and oxygen atoms in total. The molecule has 0 aliphatic heterocycles. The largest absolute Gasteiger partial charge is 0.417 e. The van der Waals surface area contributed by atoms with Crippen molar-refractivity contribution < 1.29 is 4.43 Å². The zero-order valence-corrected chi connectivity index (χ0v) is 14.7. The van der Waals surface area contributed by atoms with Crippen molar-refractivity contribution in [1.29, 1.82) is 0 Å². The highest BCUT2D eigenvalue weighted by atomic mass is 28.4. The Hall–Kier alpha value is -0.873. The molecule has 0 bridgehead atoms. The molecule has 20 heavy (non-hydrogen) atoms. The molecule has 1 unspecified atom stereocenters. The summed E-state index contributed by atoms with van der Waals surface area (Å²) in [6, 6.07) is 2.04. The van der Waals surface area contributed by atoms with Gasteiger partial charge in [0.05, 0.1) is 0 Å². The van der Waals surface area contributed by atoms with Crippen LogP contribution in [0.1, 0.15) is 37.6 Å². The molecular weight excluding hydrogens is 264 g/mol. The number of aryl methyl sites for hydroxylation is 1. The summed E-state index contributed by atoms with van der Waals surface area (Å²) in [5.74, 6) is 1.23. The van der Waals surface area contributed by atoms with E-state index in [9.17, 15) is 0 Å². The van der Waals surface area contributed by atoms with Crippen LogP contribution in [0.2, 0.25) is 18.1 Å². The predicted octanol–water partition coefficient (Wildman–Crippen LogP) is 3.71. The number of hydrogen-bond donors (Lipinski definition) is 1. The van der Waals surface area contributed by atoms with Crippen LogP contribution in [0.5, 0.6) is 0 Å². The fourth-order valence-corrected chi connectivity index (χ4v) is 3.67. The first kappa shape index (κ1) is 15.5. The number of pyridine rings is 1. The van der Waals surface area contributed by atoms with E-state index in [0.29, 0.717) is 11.7 Å². The van der Waals surface area contributed by atoms with E-state index < -0.39 is 8.32 Å². The lowest BCUT2D eigenvalue weighted by molar-refractivity contribution is 0.232. The summed E-state index contributed by atoms with van der Waals surface area (Å²) in [5.41, 5.74) is 9.70. The average molecular weight is 292 g/mol. The molecule has 0 amide bonds. The third-order valence-corrected chi connectivity index (χ3v) is 9.43. The molecule has 0 saturated carbocycles. The van der Waals surface area contributed by atoms with Gasteiger partial charge in [-0.2, -0.15) is 0 Å². The van der Waals surface area contributed by atoms with Gasteiger partial charge in [-0.25, -0.2) is 4.98 Å². The third-order valence-electron chi connectivity index (χ3n) is 4.93. The Bertz CT molecular complexity index is 506. The first-order chi connectivity index (χ1) is 9.10. The van der Waals surface area contributed by atoms with E-state index in [1.54, 1.807) is 0 Å². The number of nitrogens with zero attached hydrogens (tertiary/aromatic N) is 1. The highest BCUT2D eigenvalue weighted by molar-refractivity contribution is 6.74. The molecule has 0 aromatic carbocycles. The van der Waals surface area contributed by atoms with Crippen LogP contribution in [0.3, 0.4) is 0 Å². The highest BCUT2D eigenvalue weighted by Gasteiger charge is 2.38. The molecule has 0 radical (unpaired) electrons. The Labute approximate surface area is 124 Å². The summed E-state index contributed by atoms with van der Waals surface area (Å²) in [7, 11) is -1.64. The zero-order valence-electron chi connectivity index (χ0n) is 13.7. The number of nitrogen functional groups attached to an aromatic ring is 1. The van der Waals surface area contributed by atoms with Crippen molar-refractivity contribution in [3.63, 3.8) is 0 Å².